The van der Waals surface area contributed by atoms with Gasteiger partial charge in [-0.3, -0.25) is 0 Å². The Bertz CT molecular complexity index is 718. The minimum absolute atomic E-state index is 0. The van der Waals surface area contributed by atoms with Crippen molar-refractivity contribution >= 4 is 39.8 Å². The number of para-hydroxylation sites is 2. The van der Waals surface area contributed by atoms with Crippen LogP contribution in [-0.2, 0) is 9.84 Å². The standard InChI is InChI=1S/C19H33N3O4S.HI/c1-7-20-18(21-12-13-27(23,24)19(3,4)5)22-14-15(2)26-17-11-9-8-10-16(17)25-6;/h8-11,15H,7,12-14H2,1-6H3,(H2,20,21,22);1H. The van der Waals surface area contributed by atoms with E-state index in [-0.39, 0.29) is 35.8 Å². The molecule has 0 spiro atoms. The van der Waals surface area contributed by atoms with Gasteiger partial charge in [-0.1, -0.05) is 12.1 Å². The maximum Gasteiger partial charge on any atom is 0.191 e. The summed E-state index contributed by atoms with van der Waals surface area (Å²) in [6, 6.07) is 7.45. The van der Waals surface area contributed by atoms with Crippen molar-refractivity contribution in [2.75, 3.05) is 32.5 Å². The second kappa shape index (κ2) is 12.4. The molecular weight excluding hydrogens is 493 g/mol. The first-order chi connectivity index (χ1) is 12.6. The van der Waals surface area contributed by atoms with Gasteiger partial charge in [0.1, 0.15) is 6.10 Å². The van der Waals surface area contributed by atoms with Crippen molar-refractivity contribution in [3.63, 3.8) is 0 Å². The lowest BCUT2D eigenvalue weighted by Gasteiger charge is -2.20. The van der Waals surface area contributed by atoms with E-state index in [1.165, 1.54) is 0 Å². The molecule has 162 valence electrons. The topological polar surface area (TPSA) is 89.0 Å². The third-order valence-electron chi connectivity index (χ3n) is 3.84. The molecule has 0 aliphatic heterocycles. The summed E-state index contributed by atoms with van der Waals surface area (Å²) >= 11 is 0. The summed E-state index contributed by atoms with van der Waals surface area (Å²) < 4.78 is 34.8. The summed E-state index contributed by atoms with van der Waals surface area (Å²) in [7, 11) is -1.57. The van der Waals surface area contributed by atoms with Gasteiger partial charge in [0.15, 0.2) is 27.3 Å². The van der Waals surface area contributed by atoms with Crippen LogP contribution in [0.15, 0.2) is 29.3 Å². The molecule has 0 amide bonds. The first kappa shape index (κ1) is 26.8. The van der Waals surface area contributed by atoms with Crippen LogP contribution in [0.4, 0.5) is 0 Å². The highest BCUT2D eigenvalue weighted by molar-refractivity contribution is 14.0. The lowest BCUT2D eigenvalue weighted by Crippen LogP contribution is -2.42. The van der Waals surface area contributed by atoms with Gasteiger partial charge in [-0.05, 0) is 46.8 Å². The van der Waals surface area contributed by atoms with E-state index in [0.717, 1.165) is 0 Å². The molecule has 2 N–H and O–H groups in total. The van der Waals surface area contributed by atoms with E-state index in [1.807, 2.05) is 38.1 Å². The molecule has 1 rings (SSSR count). The molecule has 0 radical (unpaired) electrons. The number of sulfone groups is 1. The number of hydrogen-bond donors (Lipinski definition) is 2. The van der Waals surface area contributed by atoms with Crippen molar-refractivity contribution in [1.29, 1.82) is 0 Å². The summed E-state index contributed by atoms with van der Waals surface area (Å²) in [6.45, 7) is 10.4. The van der Waals surface area contributed by atoms with E-state index in [4.69, 9.17) is 9.47 Å². The van der Waals surface area contributed by atoms with Crippen LogP contribution in [0.2, 0.25) is 0 Å². The van der Waals surface area contributed by atoms with E-state index in [2.05, 4.69) is 15.6 Å². The van der Waals surface area contributed by atoms with Crippen LogP contribution in [0, 0.1) is 0 Å². The monoisotopic (exact) mass is 527 g/mol. The number of guanidine groups is 1. The average Bonchev–Trinajstić information content (AvgIpc) is 2.59. The number of nitrogens with zero attached hydrogens (tertiary/aromatic N) is 1. The lowest BCUT2D eigenvalue weighted by molar-refractivity contribution is 0.219. The summed E-state index contributed by atoms with van der Waals surface area (Å²) in [4.78, 5) is 4.48. The van der Waals surface area contributed by atoms with Gasteiger partial charge >= 0.3 is 0 Å². The fraction of sp³-hybridized carbons (Fsp3) is 0.632. The molecule has 1 unspecified atom stereocenters. The fourth-order valence-corrected chi connectivity index (χ4v) is 3.12. The summed E-state index contributed by atoms with van der Waals surface area (Å²) in [5, 5.41) is 6.18. The number of hydrogen-bond acceptors (Lipinski definition) is 5. The van der Waals surface area contributed by atoms with Gasteiger partial charge in [0, 0.05) is 13.1 Å². The molecule has 1 aromatic carbocycles. The van der Waals surface area contributed by atoms with Crippen LogP contribution in [0.3, 0.4) is 0 Å². The van der Waals surface area contributed by atoms with Crippen LogP contribution < -0.4 is 20.1 Å². The fourth-order valence-electron chi connectivity index (χ4n) is 2.14. The molecule has 9 heteroatoms. The van der Waals surface area contributed by atoms with Crippen molar-refractivity contribution in [3.05, 3.63) is 24.3 Å². The van der Waals surface area contributed by atoms with Gasteiger partial charge in [-0.2, -0.15) is 0 Å². The van der Waals surface area contributed by atoms with E-state index in [1.54, 1.807) is 27.9 Å². The number of aliphatic imine (C=N–C) groups is 1. The third-order valence-corrected chi connectivity index (χ3v) is 6.45. The third kappa shape index (κ3) is 8.85. The molecule has 0 aliphatic carbocycles. The van der Waals surface area contributed by atoms with Gasteiger partial charge in [0.25, 0.3) is 0 Å². The van der Waals surface area contributed by atoms with Crippen LogP contribution in [0.5, 0.6) is 11.5 Å². The van der Waals surface area contributed by atoms with Crippen molar-refractivity contribution < 1.29 is 17.9 Å². The van der Waals surface area contributed by atoms with Gasteiger partial charge in [-0.15, -0.1) is 24.0 Å². The molecule has 28 heavy (non-hydrogen) atoms. The molecule has 0 fully saturated rings. The molecular formula is C19H34IN3O4S. The van der Waals surface area contributed by atoms with E-state index < -0.39 is 14.6 Å². The largest absolute Gasteiger partial charge is 0.493 e. The first-order valence-corrected chi connectivity index (χ1v) is 10.8. The second-order valence-corrected chi connectivity index (χ2v) is 10.0. The van der Waals surface area contributed by atoms with Gasteiger partial charge < -0.3 is 20.1 Å². The van der Waals surface area contributed by atoms with Crippen molar-refractivity contribution in [1.82, 2.24) is 10.6 Å². The van der Waals surface area contributed by atoms with Crippen molar-refractivity contribution in [3.8, 4) is 11.5 Å². The normalized spacial score (nSPS) is 13.3. The quantitative estimate of drug-likeness (QED) is 0.292. The smallest absolute Gasteiger partial charge is 0.191 e. The van der Waals surface area contributed by atoms with E-state index in [0.29, 0.717) is 37.1 Å². The molecule has 7 nitrogen and oxygen atoms in total. The zero-order valence-corrected chi connectivity index (χ0v) is 20.8. The molecule has 0 aromatic heterocycles. The van der Waals surface area contributed by atoms with Crippen LogP contribution in [-0.4, -0.2) is 57.7 Å². The Morgan fingerprint density at radius 1 is 1.18 bits per heavy atom. The minimum Gasteiger partial charge on any atom is -0.493 e. The Kier molecular flexibility index (Phi) is 11.8. The Morgan fingerprint density at radius 3 is 2.32 bits per heavy atom. The highest BCUT2D eigenvalue weighted by Gasteiger charge is 2.28. The molecule has 1 atom stereocenters. The molecule has 0 saturated heterocycles. The highest BCUT2D eigenvalue weighted by Crippen LogP contribution is 2.26. The molecule has 0 aliphatic rings. The maximum atomic E-state index is 12.2. The minimum atomic E-state index is -3.17. The summed E-state index contributed by atoms with van der Waals surface area (Å²) in [5.41, 5.74) is 0. The van der Waals surface area contributed by atoms with E-state index >= 15 is 0 Å². The number of ether oxygens (including phenoxy) is 2. The number of methoxy groups -OCH3 is 1. The van der Waals surface area contributed by atoms with Crippen molar-refractivity contribution in [2.24, 2.45) is 4.99 Å². The van der Waals surface area contributed by atoms with E-state index in [9.17, 15) is 8.42 Å². The Balaban J connectivity index is 0.00000729. The van der Waals surface area contributed by atoms with Gasteiger partial charge in [0.05, 0.1) is 24.2 Å². The number of benzene rings is 1. The number of halogens is 1. The molecule has 0 heterocycles. The number of rotatable bonds is 9. The predicted molar refractivity (Wildman–Crippen MR) is 126 cm³/mol. The lowest BCUT2D eigenvalue weighted by atomic mass is 10.3. The average molecular weight is 527 g/mol. The van der Waals surface area contributed by atoms with Crippen LogP contribution >= 0.6 is 24.0 Å². The first-order valence-electron chi connectivity index (χ1n) is 9.15. The second-order valence-electron chi connectivity index (χ2n) is 7.16. The molecule has 0 bridgehead atoms. The predicted octanol–water partition coefficient (Wildman–Crippen LogP) is 2.85. The Morgan fingerprint density at radius 2 is 1.79 bits per heavy atom. The zero-order valence-electron chi connectivity index (χ0n) is 17.6. The highest BCUT2D eigenvalue weighted by atomic mass is 127. The SMILES string of the molecule is CCNC(=NCC(C)Oc1ccccc1OC)NCCS(=O)(=O)C(C)(C)C.I. The van der Waals surface area contributed by atoms with Crippen LogP contribution in [0.25, 0.3) is 0 Å². The zero-order chi connectivity index (χ0) is 20.5. The summed E-state index contributed by atoms with van der Waals surface area (Å²) in [5.74, 6) is 1.95. The Hall–Kier alpha value is -1.23. The molecule has 1 aromatic rings. The van der Waals surface area contributed by atoms with Gasteiger partial charge in [0.2, 0.25) is 0 Å². The van der Waals surface area contributed by atoms with Crippen molar-refractivity contribution in [2.45, 2.75) is 45.5 Å². The van der Waals surface area contributed by atoms with Gasteiger partial charge in [-0.25, -0.2) is 13.4 Å². The Labute approximate surface area is 186 Å². The maximum absolute atomic E-state index is 12.2. The molecule has 0 saturated carbocycles. The summed E-state index contributed by atoms with van der Waals surface area (Å²) in [6.07, 6.45) is -0.171. The van der Waals surface area contributed by atoms with Crippen LogP contribution in [0.1, 0.15) is 34.6 Å². The number of nitrogens with one attached hydrogen (secondary N) is 2.